The SMILES string of the molecule is Cc1cccc(C)c1OCC(=O)Nc1cccc(-c2ccc3nnc(-c4cccnc4)n3n2)c1. The van der Waals surface area contributed by atoms with Gasteiger partial charge in [0.2, 0.25) is 0 Å². The summed E-state index contributed by atoms with van der Waals surface area (Å²) in [5.74, 6) is 1.11. The first-order valence-corrected chi connectivity index (χ1v) is 10.8. The predicted molar refractivity (Wildman–Crippen MR) is 129 cm³/mol. The molecule has 5 rings (SSSR count). The molecule has 2 aromatic carbocycles. The maximum atomic E-state index is 12.5. The van der Waals surface area contributed by atoms with Gasteiger partial charge in [-0.05, 0) is 61.4 Å². The van der Waals surface area contributed by atoms with Gasteiger partial charge in [0.25, 0.3) is 5.91 Å². The van der Waals surface area contributed by atoms with E-state index in [9.17, 15) is 4.79 Å². The van der Waals surface area contributed by atoms with Crippen LogP contribution in [0.15, 0.2) is 79.1 Å². The van der Waals surface area contributed by atoms with Crippen LogP contribution in [0, 0.1) is 13.8 Å². The number of hydrogen-bond donors (Lipinski definition) is 1. The highest BCUT2D eigenvalue weighted by Crippen LogP contribution is 2.24. The summed E-state index contributed by atoms with van der Waals surface area (Å²) in [4.78, 5) is 16.7. The van der Waals surface area contributed by atoms with Gasteiger partial charge in [-0.2, -0.15) is 9.61 Å². The van der Waals surface area contributed by atoms with E-state index in [0.717, 1.165) is 33.7 Å². The van der Waals surface area contributed by atoms with E-state index >= 15 is 0 Å². The first-order chi connectivity index (χ1) is 16.6. The number of fused-ring (bicyclic) bond motifs is 1. The molecular weight excluding hydrogens is 428 g/mol. The number of rotatable bonds is 6. The van der Waals surface area contributed by atoms with Crippen LogP contribution in [0.25, 0.3) is 28.3 Å². The number of hydrogen-bond acceptors (Lipinski definition) is 6. The Morgan fingerprint density at radius 3 is 2.53 bits per heavy atom. The van der Waals surface area contributed by atoms with E-state index in [1.165, 1.54) is 0 Å². The summed E-state index contributed by atoms with van der Waals surface area (Å²) < 4.78 is 7.45. The molecule has 0 unspecified atom stereocenters. The van der Waals surface area contributed by atoms with Gasteiger partial charge in [-0.15, -0.1) is 10.2 Å². The average Bonchev–Trinajstić information content (AvgIpc) is 3.28. The third-order valence-corrected chi connectivity index (χ3v) is 5.38. The van der Waals surface area contributed by atoms with Crippen LogP contribution in [0.3, 0.4) is 0 Å². The van der Waals surface area contributed by atoms with Crippen LogP contribution < -0.4 is 10.1 Å². The second kappa shape index (κ2) is 9.11. The standard InChI is InChI=1S/C26H22N6O2/c1-17-6-3-7-18(2)25(17)34-16-24(33)28-21-10-4-8-19(14-21)22-11-12-23-29-30-26(32(23)31-22)20-9-5-13-27-15-20/h3-15H,16H2,1-2H3,(H,28,33). The summed E-state index contributed by atoms with van der Waals surface area (Å²) in [6, 6.07) is 20.9. The van der Waals surface area contributed by atoms with Gasteiger partial charge in [0, 0.05) is 29.2 Å². The number of nitrogens with zero attached hydrogens (tertiary/aromatic N) is 5. The molecule has 3 aromatic heterocycles. The molecule has 0 fully saturated rings. The first-order valence-electron chi connectivity index (χ1n) is 10.8. The van der Waals surface area contributed by atoms with Gasteiger partial charge in [0.1, 0.15) is 5.75 Å². The minimum absolute atomic E-state index is 0.0741. The molecule has 0 saturated carbocycles. The number of para-hydroxylation sites is 1. The van der Waals surface area contributed by atoms with E-state index in [1.54, 1.807) is 16.9 Å². The van der Waals surface area contributed by atoms with Gasteiger partial charge < -0.3 is 10.1 Å². The molecule has 1 N–H and O–H groups in total. The second-order valence-electron chi connectivity index (χ2n) is 7.89. The zero-order chi connectivity index (χ0) is 23.5. The molecule has 0 bridgehead atoms. The fraction of sp³-hybridized carbons (Fsp3) is 0.115. The highest BCUT2D eigenvalue weighted by molar-refractivity contribution is 5.92. The second-order valence-corrected chi connectivity index (χ2v) is 7.89. The molecule has 168 valence electrons. The van der Waals surface area contributed by atoms with Crippen LogP contribution in [0.4, 0.5) is 5.69 Å². The summed E-state index contributed by atoms with van der Waals surface area (Å²) in [7, 11) is 0. The van der Waals surface area contributed by atoms with Crippen LogP contribution in [-0.2, 0) is 4.79 Å². The number of aryl methyl sites for hydroxylation is 2. The Morgan fingerprint density at radius 2 is 1.74 bits per heavy atom. The van der Waals surface area contributed by atoms with E-state index in [4.69, 9.17) is 9.84 Å². The average molecular weight is 451 g/mol. The monoisotopic (exact) mass is 450 g/mol. The lowest BCUT2D eigenvalue weighted by molar-refractivity contribution is -0.118. The molecule has 34 heavy (non-hydrogen) atoms. The highest BCUT2D eigenvalue weighted by atomic mass is 16.5. The van der Waals surface area contributed by atoms with Crippen LogP contribution in [0.1, 0.15) is 11.1 Å². The fourth-order valence-corrected chi connectivity index (χ4v) is 3.74. The third-order valence-electron chi connectivity index (χ3n) is 5.38. The van der Waals surface area contributed by atoms with Crippen molar-refractivity contribution < 1.29 is 9.53 Å². The molecule has 0 radical (unpaired) electrons. The molecule has 3 heterocycles. The first kappa shape index (κ1) is 21.3. The van der Waals surface area contributed by atoms with Gasteiger partial charge in [-0.25, -0.2) is 0 Å². The van der Waals surface area contributed by atoms with Gasteiger partial charge >= 0.3 is 0 Å². The molecule has 5 aromatic rings. The van der Waals surface area contributed by atoms with Crippen molar-refractivity contribution in [2.45, 2.75) is 13.8 Å². The summed E-state index contributed by atoms with van der Waals surface area (Å²) in [5, 5.41) is 16.1. The molecule has 8 heteroatoms. The molecule has 0 atom stereocenters. The van der Waals surface area contributed by atoms with Gasteiger partial charge in [-0.3, -0.25) is 9.78 Å². The quantitative estimate of drug-likeness (QED) is 0.410. The molecule has 1 amide bonds. The normalized spacial score (nSPS) is 10.9. The summed E-state index contributed by atoms with van der Waals surface area (Å²) in [6.45, 7) is 3.85. The number of benzene rings is 2. The van der Waals surface area contributed by atoms with Gasteiger partial charge in [0.15, 0.2) is 18.1 Å². The van der Waals surface area contributed by atoms with E-state index in [-0.39, 0.29) is 12.5 Å². The number of carbonyl (C=O) groups excluding carboxylic acids is 1. The lowest BCUT2D eigenvalue weighted by atomic mass is 10.1. The number of anilines is 1. The predicted octanol–water partition coefficient (Wildman–Crippen LogP) is 4.49. The molecule has 0 spiro atoms. The Kier molecular flexibility index (Phi) is 5.70. The number of aromatic nitrogens is 5. The van der Waals surface area contributed by atoms with Gasteiger partial charge in [-0.1, -0.05) is 30.3 Å². The maximum Gasteiger partial charge on any atom is 0.262 e. The zero-order valence-electron chi connectivity index (χ0n) is 18.8. The Balaban J connectivity index is 1.35. The van der Waals surface area contributed by atoms with E-state index in [0.29, 0.717) is 17.2 Å². The van der Waals surface area contributed by atoms with Crippen molar-refractivity contribution in [2.75, 3.05) is 11.9 Å². The van der Waals surface area contributed by atoms with Crippen molar-refractivity contribution in [2.24, 2.45) is 0 Å². The minimum atomic E-state index is -0.235. The Morgan fingerprint density at radius 1 is 0.941 bits per heavy atom. The molecule has 8 nitrogen and oxygen atoms in total. The van der Waals surface area contributed by atoms with Crippen molar-refractivity contribution in [3.63, 3.8) is 0 Å². The summed E-state index contributed by atoms with van der Waals surface area (Å²) >= 11 is 0. The van der Waals surface area contributed by atoms with Crippen molar-refractivity contribution in [1.29, 1.82) is 0 Å². The van der Waals surface area contributed by atoms with Crippen LogP contribution in [0.5, 0.6) is 5.75 Å². The Hall–Kier alpha value is -4.59. The van der Waals surface area contributed by atoms with Crippen molar-refractivity contribution in [3.05, 3.63) is 90.3 Å². The number of nitrogens with one attached hydrogen (secondary N) is 1. The largest absolute Gasteiger partial charge is 0.483 e. The number of pyridine rings is 1. The van der Waals surface area contributed by atoms with E-state index < -0.39 is 0 Å². The molecule has 0 aliphatic rings. The lowest BCUT2D eigenvalue weighted by Gasteiger charge is -2.12. The lowest BCUT2D eigenvalue weighted by Crippen LogP contribution is -2.20. The van der Waals surface area contributed by atoms with Crippen LogP contribution in [-0.4, -0.2) is 37.3 Å². The van der Waals surface area contributed by atoms with E-state index in [2.05, 4.69) is 20.5 Å². The molecular formula is C26H22N6O2. The van der Waals surface area contributed by atoms with Crippen LogP contribution in [0.2, 0.25) is 0 Å². The fourth-order valence-electron chi connectivity index (χ4n) is 3.74. The van der Waals surface area contributed by atoms with E-state index in [1.807, 2.05) is 80.6 Å². The Labute approximate surface area is 196 Å². The smallest absolute Gasteiger partial charge is 0.262 e. The zero-order valence-corrected chi connectivity index (χ0v) is 18.8. The molecule has 0 aliphatic carbocycles. The molecule has 0 aliphatic heterocycles. The Bertz CT molecular complexity index is 1460. The number of ether oxygens (including phenoxy) is 1. The summed E-state index contributed by atoms with van der Waals surface area (Å²) in [6.07, 6.45) is 3.43. The van der Waals surface area contributed by atoms with Crippen LogP contribution >= 0.6 is 0 Å². The topological polar surface area (TPSA) is 94.3 Å². The van der Waals surface area contributed by atoms with Crippen molar-refractivity contribution in [3.8, 4) is 28.4 Å². The number of amides is 1. The van der Waals surface area contributed by atoms with Gasteiger partial charge in [0.05, 0.1) is 5.69 Å². The molecule has 0 saturated heterocycles. The highest BCUT2D eigenvalue weighted by Gasteiger charge is 2.12. The minimum Gasteiger partial charge on any atom is -0.483 e. The number of carbonyl (C=O) groups is 1. The van der Waals surface area contributed by atoms with Crippen molar-refractivity contribution in [1.82, 2.24) is 24.8 Å². The van der Waals surface area contributed by atoms with Crippen molar-refractivity contribution >= 4 is 17.2 Å². The summed E-state index contributed by atoms with van der Waals surface area (Å²) in [5.41, 5.74) is 5.68. The maximum absolute atomic E-state index is 12.5. The third kappa shape index (κ3) is 4.33.